The molecular weight excluding hydrogens is 266 g/mol. The Bertz CT molecular complexity index is 605. The van der Waals surface area contributed by atoms with Crippen LogP contribution in [0.25, 0.3) is 0 Å². The van der Waals surface area contributed by atoms with E-state index in [-0.39, 0.29) is 6.61 Å². The molecule has 5 nitrogen and oxygen atoms in total. The number of hydrogen-bond donors (Lipinski definition) is 1. The van der Waals surface area contributed by atoms with Gasteiger partial charge in [0.25, 0.3) is 0 Å². The van der Waals surface area contributed by atoms with E-state index >= 15 is 0 Å². The minimum atomic E-state index is 0.0198. The minimum Gasteiger partial charge on any atom is -0.487 e. The summed E-state index contributed by atoms with van der Waals surface area (Å²) in [6.45, 7) is 3.65. The summed E-state index contributed by atoms with van der Waals surface area (Å²) in [5.74, 6) is 0.738. The molecule has 0 atom stereocenters. The summed E-state index contributed by atoms with van der Waals surface area (Å²) in [7, 11) is 0. The molecule has 1 aliphatic carbocycles. The molecule has 1 aromatic heterocycles. The van der Waals surface area contributed by atoms with Gasteiger partial charge in [-0.1, -0.05) is 30.7 Å². The fourth-order valence-electron chi connectivity index (χ4n) is 2.70. The number of rotatable bonds is 6. The number of ether oxygens (including phenoxy) is 1. The summed E-state index contributed by atoms with van der Waals surface area (Å²) in [5.41, 5.74) is 2.06. The maximum absolute atomic E-state index is 9.11. The minimum absolute atomic E-state index is 0.0198. The smallest absolute Gasteiger partial charge is 0.134 e. The fourth-order valence-corrected chi connectivity index (χ4v) is 2.70. The van der Waals surface area contributed by atoms with E-state index in [2.05, 4.69) is 17.2 Å². The van der Waals surface area contributed by atoms with E-state index in [9.17, 15) is 0 Å². The normalized spacial score (nSPS) is 16.5. The average molecular weight is 287 g/mol. The van der Waals surface area contributed by atoms with Gasteiger partial charge in [-0.2, -0.15) is 0 Å². The van der Waals surface area contributed by atoms with Crippen molar-refractivity contribution in [1.82, 2.24) is 15.0 Å². The van der Waals surface area contributed by atoms with Crippen LogP contribution in [0.4, 0.5) is 0 Å². The predicted octanol–water partition coefficient (Wildman–Crippen LogP) is 2.54. The van der Waals surface area contributed by atoms with Crippen LogP contribution in [-0.4, -0.2) is 20.1 Å². The van der Waals surface area contributed by atoms with E-state index in [1.165, 1.54) is 19.3 Å². The monoisotopic (exact) mass is 287 g/mol. The van der Waals surface area contributed by atoms with Crippen LogP contribution in [0.1, 0.15) is 37.4 Å². The van der Waals surface area contributed by atoms with Crippen molar-refractivity contribution in [3.8, 4) is 5.75 Å². The van der Waals surface area contributed by atoms with Crippen LogP contribution < -0.4 is 4.74 Å². The molecule has 1 N–H and O–H groups in total. The Morgan fingerprint density at radius 1 is 1.38 bits per heavy atom. The Morgan fingerprint density at radius 2 is 2.24 bits per heavy atom. The van der Waals surface area contributed by atoms with Crippen molar-refractivity contribution in [3.05, 3.63) is 41.7 Å². The third-order valence-corrected chi connectivity index (χ3v) is 4.16. The number of nitrogens with zero attached hydrogens (tertiary/aromatic N) is 3. The molecule has 1 heterocycles. The van der Waals surface area contributed by atoms with Crippen LogP contribution >= 0.6 is 0 Å². The number of aromatic nitrogens is 3. The third-order valence-electron chi connectivity index (χ3n) is 4.16. The summed E-state index contributed by atoms with van der Waals surface area (Å²) in [5, 5.41) is 17.4. The largest absolute Gasteiger partial charge is 0.487 e. The topological polar surface area (TPSA) is 60.2 Å². The lowest BCUT2D eigenvalue weighted by atomic mass is 9.70. The van der Waals surface area contributed by atoms with Gasteiger partial charge in [0.15, 0.2) is 0 Å². The van der Waals surface area contributed by atoms with Gasteiger partial charge < -0.3 is 9.84 Å². The second-order valence-corrected chi connectivity index (χ2v) is 6.17. The molecule has 1 aliphatic rings. The van der Waals surface area contributed by atoms with Crippen LogP contribution in [0.15, 0.2) is 30.5 Å². The Hall–Kier alpha value is -1.88. The first kappa shape index (κ1) is 14.1. The quantitative estimate of drug-likeness (QED) is 0.887. The Morgan fingerprint density at radius 3 is 2.95 bits per heavy atom. The second-order valence-electron chi connectivity index (χ2n) is 6.17. The zero-order valence-corrected chi connectivity index (χ0v) is 12.3. The van der Waals surface area contributed by atoms with E-state index in [0.717, 1.165) is 23.6 Å². The standard InChI is InChI=1S/C16H21N3O2/c1-16(6-3-7-16)12-19-9-14(17-18-19)11-21-15-5-2-4-13(8-15)10-20/h2,4-5,8-9,20H,3,6-7,10-12H2,1H3. The Labute approximate surface area is 124 Å². The predicted molar refractivity (Wildman–Crippen MR) is 78.7 cm³/mol. The summed E-state index contributed by atoms with van der Waals surface area (Å²) in [4.78, 5) is 0. The van der Waals surface area contributed by atoms with Crippen molar-refractivity contribution < 1.29 is 9.84 Å². The van der Waals surface area contributed by atoms with E-state index in [1.807, 2.05) is 35.1 Å². The number of hydrogen-bond acceptors (Lipinski definition) is 4. The lowest BCUT2D eigenvalue weighted by Crippen LogP contribution is -2.30. The van der Waals surface area contributed by atoms with Crippen LogP contribution in [0.3, 0.4) is 0 Å². The molecule has 0 amide bonds. The van der Waals surface area contributed by atoms with Gasteiger partial charge in [0.05, 0.1) is 12.8 Å². The van der Waals surface area contributed by atoms with Crippen LogP contribution in [0.2, 0.25) is 0 Å². The molecule has 0 aliphatic heterocycles. The van der Waals surface area contributed by atoms with Crippen molar-refractivity contribution in [1.29, 1.82) is 0 Å². The molecule has 1 saturated carbocycles. The van der Waals surface area contributed by atoms with Gasteiger partial charge in [0.2, 0.25) is 0 Å². The van der Waals surface area contributed by atoms with Crippen LogP contribution in [0.5, 0.6) is 5.75 Å². The highest BCUT2D eigenvalue weighted by Gasteiger charge is 2.32. The molecule has 0 spiro atoms. The van der Waals surface area contributed by atoms with E-state index in [1.54, 1.807) is 0 Å². The van der Waals surface area contributed by atoms with Gasteiger partial charge >= 0.3 is 0 Å². The first-order valence-electron chi connectivity index (χ1n) is 7.38. The van der Waals surface area contributed by atoms with E-state index in [4.69, 9.17) is 9.84 Å². The zero-order chi connectivity index (χ0) is 14.7. The summed E-state index contributed by atoms with van der Waals surface area (Å²) < 4.78 is 7.61. The maximum atomic E-state index is 9.11. The van der Waals surface area contributed by atoms with Crippen molar-refractivity contribution in [2.75, 3.05) is 0 Å². The third kappa shape index (κ3) is 3.42. The van der Waals surface area contributed by atoms with Crippen molar-refractivity contribution >= 4 is 0 Å². The molecule has 0 radical (unpaired) electrons. The highest BCUT2D eigenvalue weighted by Crippen LogP contribution is 2.41. The summed E-state index contributed by atoms with van der Waals surface area (Å²) >= 11 is 0. The van der Waals surface area contributed by atoms with E-state index < -0.39 is 0 Å². The average Bonchev–Trinajstić information content (AvgIpc) is 2.91. The van der Waals surface area contributed by atoms with Gasteiger partial charge in [-0.25, -0.2) is 0 Å². The van der Waals surface area contributed by atoms with Gasteiger partial charge in [-0.15, -0.1) is 5.10 Å². The number of aliphatic hydroxyl groups is 1. The SMILES string of the molecule is CC1(Cn2cc(COc3cccc(CO)c3)nn2)CCC1. The molecular formula is C16H21N3O2. The molecule has 0 unspecified atom stereocenters. The van der Waals surface area contributed by atoms with Gasteiger partial charge in [-0.3, -0.25) is 4.68 Å². The highest BCUT2D eigenvalue weighted by atomic mass is 16.5. The molecule has 2 aromatic rings. The highest BCUT2D eigenvalue weighted by molar-refractivity contribution is 5.28. The van der Waals surface area contributed by atoms with E-state index in [0.29, 0.717) is 12.0 Å². The number of benzene rings is 1. The van der Waals surface area contributed by atoms with Crippen LogP contribution in [-0.2, 0) is 19.8 Å². The summed E-state index contributed by atoms with van der Waals surface area (Å²) in [6, 6.07) is 7.44. The molecule has 0 bridgehead atoms. The van der Waals surface area contributed by atoms with Crippen molar-refractivity contribution in [2.45, 2.75) is 45.9 Å². The van der Waals surface area contributed by atoms with Crippen molar-refractivity contribution in [3.63, 3.8) is 0 Å². The lowest BCUT2D eigenvalue weighted by Gasteiger charge is -2.37. The molecule has 112 valence electrons. The molecule has 3 rings (SSSR count). The fraction of sp³-hybridized carbons (Fsp3) is 0.500. The molecule has 1 fully saturated rings. The van der Waals surface area contributed by atoms with Gasteiger partial charge in [-0.05, 0) is 36.0 Å². The van der Waals surface area contributed by atoms with Crippen molar-refractivity contribution in [2.24, 2.45) is 5.41 Å². The lowest BCUT2D eigenvalue weighted by molar-refractivity contribution is 0.125. The first-order valence-corrected chi connectivity index (χ1v) is 7.38. The Kier molecular flexibility index (Phi) is 3.92. The molecule has 5 heteroatoms. The van der Waals surface area contributed by atoms with Gasteiger partial charge in [0.1, 0.15) is 18.1 Å². The van der Waals surface area contributed by atoms with Crippen LogP contribution in [0, 0.1) is 5.41 Å². The maximum Gasteiger partial charge on any atom is 0.134 e. The van der Waals surface area contributed by atoms with Gasteiger partial charge in [0, 0.05) is 6.54 Å². The number of aliphatic hydroxyl groups excluding tert-OH is 1. The summed E-state index contributed by atoms with van der Waals surface area (Å²) in [6.07, 6.45) is 5.82. The first-order chi connectivity index (χ1) is 10.2. The molecule has 1 aromatic carbocycles. The zero-order valence-electron chi connectivity index (χ0n) is 12.3. The molecule has 0 saturated heterocycles. The Balaban J connectivity index is 1.56. The molecule has 21 heavy (non-hydrogen) atoms. The second kappa shape index (κ2) is 5.85.